The van der Waals surface area contributed by atoms with Gasteiger partial charge in [-0.05, 0) is 57.0 Å². The number of thioether (sulfide) groups is 1. The highest BCUT2D eigenvalue weighted by Crippen LogP contribution is 2.24. The van der Waals surface area contributed by atoms with Gasteiger partial charge in [-0.25, -0.2) is 4.98 Å². The molecule has 0 radical (unpaired) electrons. The van der Waals surface area contributed by atoms with E-state index in [0.29, 0.717) is 17.1 Å². The van der Waals surface area contributed by atoms with E-state index in [0.717, 1.165) is 28.1 Å². The number of nitrogens with zero attached hydrogens (tertiary/aromatic N) is 2. The van der Waals surface area contributed by atoms with Crippen LogP contribution in [-0.4, -0.2) is 28.0 Å². The molecular formula is C21H24N2O2S. The number of hydrogen-bond donors (Lipinski definition) is 0. The molecule has 0 aliphatic rings. The van der Waals surface area contributed by atoms with Gasteiger partial charge in [0.2, 0.25) is 0 Å². The fourth-order valence-corrected chi connectivity index (χ4v) is 3.65. The van der Waals surface area contributed by atoms with Gasteiger partial charge in [0.25, 0.3) is 5.56 Å². The van der Waals surface area contributed by atoms with Gasteiger partial charge in [-0.2, -0.15) is 0 Å². The monoisotopic (exact) mass is 368 g/mol. The minimum Gasteiger partial charge on any atom is -0.378 e. The molecule has 0 atom stereocenters. The Morgan fingerprint density at radius 1 is 1.12 bits per heavy atom. The van der Waals surface area contributed by atoms with E-state index in [9.17, 15) is 4.79 Å². The number of hydrogen-bond acceptors (Lipinski definition) is 4. The van der Waals surface area contributed by atoms with Crippen LogP contribution in [-0.2, 0) is 4.74 Å². The van der Waals surface area contributed by atoms with Gasteiger partial charge in [-0.3, -0.25) is 9.36 Å². The van der Waals surface area contributed by atoms with E-state index in [2.05, 4.69) is 13.0 Å². The number of para-hydroxylation sites is 1. The van der Waals surface area contributed by atoms with E-state index in [1.807, 2.05) is 57.2 Å². The van der Waals surface area contributed by atoms with Crippen molar-refractivity contribution in [3.63, 3.8) is 0 Å². The van der Waals surface area contributed by atoms with Crippen molar-refractivity contribution in [3.05, 3.63) is 63.9 Å². The molecule has 2 aromatic carbocycles. The number of rotatable bonds is 6. The fourth-order valence-electron chi connectivity index (χ4n) is 2.82. The van der Waals surface area contributed by atoms with E-state index in [1.54, 1.807) is 16.3 Å². The molecule has 3 aromatic rings. The van der Waals surface area contributed by atoms with Crippen molar-refractivity contribution < 1.29 is 4.74 Å². The van der Waals surface area contributed by atoms with Crippen LogP contribution in [0.15, 0.2) is 52.4 Å². The fraction of sp³-hybridized carbons (Fsp3) is 0.333. The molecule has 0 saturated carbocycles. The first-order valence-corrected chi connectivity index (χ1v) is 9.80. The van der Waals surface area contributed by atoms with Crippen LogP contribution in [0.1, 0.15) is 25.0 Å². The molecule has 0 amide bonds. The van der Waals surface area contributed by atoms with Crippen LogP contribution in [0.25, 0.3) is 16.6 Å². The third kappa shape index (κ3) is 3.84. The summed E-state index contributed by atoms with van der Waals surface area (Å²) >= 11 is 1.55. The number of aryl methyl sites for hydroxylation is 1. The SMILES string of the molecule is Cc1cccc(-n2c(SCCOC(C)C)nc3ccccc3c2=O)c1C. The van der Waals surface area contributed by atoms with E-state index in [1.165, 1.54) is 0 Å². The average Bonchev–Trinajstić information content (AvgIpc) is 2.62. The molecule has 1 heterocycles. The summed E-state index contributed by atoms with van der Waals surface area (Å²) in [5.41, 5.74) is 3.83. The summed E-state index contributed by atoms with van der Waals surface area (Å²) < 4.78 is 7.37. The predicted molar refractivity (Wildman–Crippen MR) is 109 cm³/mol. The van der Waals surface area contributed by atoms with Crippen LogP contribution < -0.4 is 5.56 Å². The molecule has 0 aliphatic carbocycles. The molecule has 1 aromatic heterocycles. The normalized spacial score (nSPS) is 11.4. The maximum Gasteiger partial charge on any atom is 0.266 e. The molecule has 26 heavy (non-hydrogen) atoms. The highest BCUT2D eigenvalue weighted by Gasteiger charge is 2.15. The Kier molecular flexibility index (Phi) is 5.79. The van der Waals surface area contributed by atoms with Crippen LogP contribution >= 0.6 is 11.8 Å². The van der Waals surface area contributed by atoms with Crippen LogP contribution in [0.4, 0.5) is 0 Å². The largest absolute Gasteiger partial charge is 0.378 e. The Hall–Kier alpha value is -2.11. The van der Waals surface area contributed by atoms with Crippen LogP contribution in [0.3, 0.4) is 0 Å². The lowest BCUT2D eigenvalue weighted by molar-refractivity contribution is 0.0920. The molecule has 3 rings (SSSR count). The molecule has 0 fully saturated rings. The summed E-state index contributed by atoms with van der Waals surface area (Å²) in [7, 11) is 0. The molecule has 0 spiro atoms. The molecule has 0 aliphatic heterocycles. The Morgan fingerprint density at radius 3 is 2.65 bits per heavy atom. The summed E-state index contributed by atoms with van der Waals surface area (Å²) in [6, 6.07) is 13.5. The zero-order chi connectivity index (χ0) is 18.7. The zero-order valence-corrected chi connectivity index (χ0v) is 16.5. The first-order valence-electron chi connectivity index (χ1n) is 8.82. The number of fused-ring (bicyclic) bond motifs is 1. The first-order chi connectivity index (χ1) is 12.5. The number of ether oxygens (including phenoxy) is 1. The molecule has 136 valence electrons. The second kappa shape index (κ2) is 8.06. The van der Waals surface area contributed by atoms with Crippen molar-refractivity contribution in [2.75, 3.05) is 12.4 Å². The second-order valence-corrected chi connectivity index (χ2v) is 7.60. The van der Waals surface area contributed by atoms with Crippen molar-refractivity contribution in [1.29, 1.82) is 0 Å². The minimum atomic E-state index is -0.0309. The topological polar surface area (TPSA) is 44.1 Å². The van der Waals surface area contributed by atoms with Crippen molar-refractivity contribution in [2.45, 2.75) is 39.0 Å². The summed E-state index contributed by atoms with van der Waals surface area (Å²) in [4.78, 5) is 18.0. The Labute approximate surface area is 158 Å². The minimum absolute atomic E-state index is 0.0309. The lowest BCUT2D eigenvalue weighted by atomic mass is 10.1. The van der Waals surface area contributed by atoms with E-state index >= 15 is 0 Å². The summed E-state index contributed by atoms with van der Waals surface area (Å²) in [5, 5.41) is 1.34. The third-order valence-electron chi connectivity index (χ3n) is 4.33. The molecular weight excluding hydrogens is 344 g/mol. The highest BCUT2D eigenvalue weighted by molar-refractivity contribution is 7.99. The molecule has 0 unspecified atom stereocenters. The maximum absolute atomic E-state index is 13.2. The standard InChI is InChI=1S/C21H24N2O2S/c1-14(2)25-12-13-26-21-22-18-10-6-5-9-17(18)20(24)23(21)19-11-7-8-15(3)16(19)4/h5-11,14H,12-13H2,1-4H3. The number of aromatic nitrogens is 2. The van der Waals surface area contributed by atoms with Gasteiger partial charge in [-0.15, -0.1) is 0 Å². The summed E-state index contributed by atoms with van der Waals surface area (Å²) in [6.07, 6.45) is 0.196. The third-order valence-corrected chi connectivity index (χ3v) is 5.23. The van der Waals surface area contributed by atoms with Gasteiger partial charge in [0.1, 0.15) is 0 Å². The van der Waals surface area contributed by atoms with Crippen LogP contribution in [0, 0.1) is 13.8 Å². The van der Waals surface area contributed by atoms with Crippen molar-refractivity contribution in [3.8, 4) is 5.69 Å². The Bertz CT molecular complexity index is 979. The van der Waals surface area contributed by atoms with Gasteiger partial charge >= 0.3 is 0 Å². The maximum atomic E-state index is 13.2. The second-order valence-electron chi connectivity index (χ2n) is 6.54. The molecule has 0 saturated heterocycles. The van der Waals surface area contributed by atoms with Gasteiger partial charge in [0.15, 0.2) is 5.16 Å². The van der Waals surface area contributed by atoms with Gasteiger partial charge in [0.05, 0.1) is 29.3 Å². The lowest BCUT2D eigenvalue weighted by Crippen LogP contribution is -2.23. The van der Waals surface area contributed by atoms with Crippen molar-refractivity contribution >= 4 is 22.7 Å². The molecule has 0 N–H and O–H groups in total. The summed E-state index contributed by atoms with van der Waals surface area (Å²) in [6.45, 7) is 8.76. The predicted octanol–water partition coefficient (Wildman–Crippen LogP) is 4.52. The smallest absolute Gasteiger partial charge is 0.266 e. The number of benzene rings is 2. The first kappa shape index (κ1) is 18.7. The van der Waals surface area contributed by atoms with E-state index in [4.69, 9.17) is 9.72 Å². The highest BCUT2D eigenvalue weighted by atomic mass is 32.2. The zero-order valence-electron chi connectivity index (χ0n) is 15.7. The quantitative estimate of drug-likeness (QED) is 0.364. The van der Waals surface area contributed by atoms with Crippen LogP contribution in [0.2, 0.25) is 0 Å². The van der Waals surface area contributed by atoms with Crippen molar-refractivity contribution in [2.24, 2.45) is 0 Å². The Balaban J connectivity index is 2.12. The molecule has 4 nitrogen and oxygen atoms in total. The van der Waals surface area contributed by atoms with E-state index in [-0.39, 0.29) is 11.7 Å². The molecule has 0 bridgehead atoms. The van der Waals surface area contributed by atoms with Gasteiger partial charge < -0.3 is 4.74 Å². The molecule has 5 heteroatoms. The lowest BCUT2D eigenvalue weighted by Gasteiger charge is -2.16. The summed E-state index contributed by atoms with van der Waals surface area (Å²) in [5.74, 6) is 0.744. The van der Waals surface area contributed by atoms with E-state index < -0.39 is 0 Å². The Morgan fingerprint density at radius 2 is 1.88 bits per heavy atom. The van der Waals surface area contributed by atoms with Crippen LogP contribution in [0.5, 0.6) is 0 Å². The van der Waals surface area contributed by atoms with Crippen molar-refractivity contribution in [1.82, 2.24) is 9.55 Å². The van der Waals surface area contributed by atoms with Gasteiger partial charge in [0, 0.05) is 5.75 Å². The van der Waals surface area contributed by atoms with Gasteiger partial charge in [-0.1, -0.05) is 36.0 Å². The average molecular weight is 369 g/mol.